The van der Waals surface area contributed by atoms with E-state index in [1.165, 1.54) is 0 Å². The topological polar surface area (TPSA) is 54.4 Å². The maximum atomic E-state index is 12.3. The highest BCUT2D eigenvalue weighted by Crippen LogP contribution is 2.37. The molecular formula is C17H12O3. The highest BCUT2D eigenvalue weighted by atomic mass is 16.4. The molecule has 0 unspecified atom stereocenters. The first-order valence-corrected chi connectivity index (χ1v) is 6.28. The van der Waals surface area contributed by atoms with Gasteiger partial charge in [0.05, 0.1) is 0 Å². The lowest BCUT2D eigenvalue weighted by Gasteiger charge is -2.06. The summed E-state index contributed by atoms with van der Waals surface area (Å²) in [7, 11) is 0. The highest BCUT2D eigenvalue weighted by molar-refractivity contribution is 6.34. The van der Waals surface area contributed by atoms with Gasteiger partial charge in [0.15, 0.2) is 0 Å². The van der Waals surface area contributed by atoms with Crippen LogP contribution in [0.3, 0.4) is 0 Å². The minimum Gasteiger partial charge on any atom is -0.478 e. The van der Waals surface area contributed by atoms with Gasteiger partial charge < -0.3 is 5.11 Å². The largest absolute Gasteiger partial charge is 0.478 e. The number of carbonyl (C=O) groups excluding carboxylic acids is 1. The molecule has 3 rings (SSSR count). The van der Waals surface area contributed by atoms with E-state index in [1.807, 2.05) is 37.3 Å². The number of fused-ring (bicyclic) bond motifs is 1. The fourth-order valence-corrected chi connectivity index (χ4v) is 2.51. The summed E-state index contributed by atoms with van der Waals surface area (Å²) in [5.41, 5.74) is 3.36. The maximum absolute atomic E-state index is 12.3. The summed E-state index contributed by atoms with van der Waals surface area (Å²) >= 11 is 0. The number of hydrogen-bond acceptors (Lipinski definition) is 2. The maximum Gasteiger partial charge on any atom is 0.340 e. The molecule has 0 bridgehead atoms. The predicted molar refractivity (Wildman–Crippen MR) is 75.6 cm³/mol. The standard InChI is InChI=1S/C17H12O3/c1-10-6-8-11(9-7-10)14-12-4-2-3-5-13(12)16(18)15(14)17(19)20/h2-9H,1H3,(H,19,20). The lowest BCUT2D eigenvalue weighted by molar-refractivity contribution is -0.132. The number of hydrogen-bond donors (Lipinski definition) is 1. The number of aryl methyl sites for hydroxylation is 1. The zero-order valence-electron chi connectivity index (χ0n) is 10.9. The second-order valence-corrected chi connectivity index (χ2v) is 4.80. The second-order valence-electron chi connectivity index (χ2n) is 4.80. The molecular weight excluding hydrogens is 252 g/mol. The Hall–Kier alpha value is -2.68. The Balaban J connectivity index is 2.30. The van der Waals surface area contributed by atoms with Gasteiger partial charge in [-0.1, -0.05) is 54.1 Å². The van der Waals surface area contributed by atoms with E-state index in [4.69, 9.17) is 0 Å². The number of benzene rings is 2. The molecule has 0 saturated carbocycles. The molecule has 0 aliphatic heterocycles. The van der Waals surface area contributed by atoms with Gasteiger partial charge in [0.1, 0.15) is 5.57 Å². The zero-order chi connectivity index (χ0) is 14.3. The summed E-state index contributed by atoms with van der Waals surface area (Å²) in [6, 6.07) is 14.5. The average molecular weight is 264 g/mol. The van der Waals surface area contributed by atoms with Gasteiger partial charge in [0, 0.05) is 11.1 Å². The Kier molecular flexibility index (Phi) is 2.75. The van der Waals surface area contributed by atoms with Crippen molar-refractivity contribution in [3.63, 3.8) is 0 Å². The molecule has 0 spiro atoms. The van der Waals surface area contributed by atoms with Crippen molar-refractivity contribution >= 4 is 17.3 Å². The first-order chi connectivity index (χ1) is 9.59. The minimum absolute atomic E-state index is 0.143. The van der Waals surface area contributed by atoms with Crippen LogP contribution >= 0.6 is 0 Å². The van der Waals surface area contributed by atoms with Crippen molar-refractivity contribution in [1.82, 2.24) is 0 Å². The number of rotatable bonds is 2. The first-order valence-electron chi connectivity index (χ1n) is 6.28. The van der Waals surface area contributed by atoms with Crippen LogP contribution < -0.4 is 0 Å². The molecule has 2 aromatic rings. The van der Waals surface area contributed by atoms with Gasteiger partial charge >= 0.3 is 5.97 Å². The molecule has 0 heterocycles. The number of carboxylic acids is 1. The van der Waals surface area contributed by atoms with Gasteiger partial charge in [0.2, 0.25) is 5.78 Å². The van der Waals surface area contributed by atoms with E-state index in [2.05, 4.69) is 0 Å². The molecule has 98 valence electrons. The second kappa shape index (κ2) is 4.46. The molecule has 3 heteroatoms. The van der Waals surface area contributed by atoms with Crippen LogP contribution in [-0.2, 0) is 4.79 Å². The van der Waals surface area contributed by atoms with E-state index >= 15 is 0 Å². The highest BCUT2D eigenvalue weighted by Gasteiger charge is 2.34. The average Bonchev–Trinajstić information content (AvgIpc) is 2.74. The number of carboxylic acid groups (broad SMARTS) is 1. The fraction of sp³-hybridized carbons (Fsp3) is 0.0588. The normalized spacial score (nSPS) is 13.6. The molecule has 0 atom stereocenters. The van der Waals surface area contributed by atoms with E-state index < -0.39 is 11.8 Å². The molecule has 0 fully saturated rings. The number of Topliss-reactive ketones (excluding diaryl/α,β-unsaturated/α-hetero) is 1. The molecule has 0 saturated heterocycles. The summed E-state index contributed by atoms with van der Waals surface area (Å²) < 4.78 is 0. The van der Waals surface area contributed by atoms with Crippen LogP contribution in [0.5, 0.6) is 0 Å². The van der Waals surface area contributed by atoms with Crippen molar-refractivity contribution in [3.05, 3.63) is 76.4 Å². The van der Waals surface area contributed by atoms with Gasteiger partial charge in [-0.15, -0.1) is 0 Å². The third-order valence-corrected chi connectivity index (χ3v) is 3.47. The minimum atomic E-state index is -1.18. The molecule has 0 aromatic heterocycles. The number of ketones is 1. The predicted octanol–water partition coefficient (Wildman–Crippen LogP) is 3.08. The van der Waals surface area contributed by atoms with Crippen molar-refractivity contribution in [2.24, 2.45) is 0 Å². The number of carbonyl (C=O) groups is 2. The summed E-state index contributed by atoms with van der Waals surface area (Å²) in [6.07, 6.45) is 0. The monoisotopic (exact) mass is 264 g/mol. The third kappa shape index (κ3) is 1.75. The SMILES string of the molecule is Cc1ccc(C2=C(C(=O)O)C(=O)c3ccccc32)cc1. The fourth-order valence-electron chi connectivity index (χ4n) is 2.51. The van der Waals surface area contributed by atoms with Crippen molar-refractivity contribution < 1.29 is 14.7 Å². The third-order valence-electron chi connectivity index (χ3n) is 3.47. The molecule has 0 radical (unpaired) electrons. The van der Waals surface area contributed by atoms with E-state index in [9.17, 15) is 14.7 Å². The van der Waals surface area contributed by atoms with Crippen LogP contribution in [0.25, 0.3) is 5.57 Å². The Morgan fingerprint density at radius 2 is 1.55 bits per heavy atom. The molecule has 0 amide bonds. The number of aliphatic carboxylic acids is 1. The smallest absolute Gasteiger partial charge is 0.340 e. The van der Waals surface area contributed by atoms with E-state index in [-0.39, 0.29) is 5.57 Å². The summed E-state index contributed by atoms with van der Waals surface area (Å²) in [4.78, 5) is 23.7. The van der Waals surface area contributed by atoms with Crippen LogP contribution in [0.15, 0.2) is 54.1 Å². The lowest BCUT2D eigenvalue weighted by atomic mass is 9.97. The van der Waals surface area contributed by atoms with Gasteiger partial charge in [-0.25, -0.2) is 4.79 Å². The Morgan fingerprint density at radius 1 is 0.950 bits per heavy atom. The summed E-state index contributed by atoms with van der Waals surface area (Å²) in [6.45, 7) is 1.96. The van der Waals surface area contributed by atoms with Crippen molar-refractivity contribution in [2.75, 3.05) is 0 Å². The van der Waals surface area contributed by atoms with Gasteiger partial charge in [0.25, 0.3) is 0 Å². The van der Waals surface area contributed by atoms with Gasteiger partial charge in [-0.05, 0) is 18.1 Å². The Bertz CT molecular complexity index is 752. The van der Waals surface area contributed by atoms with Crippen molar-refractivity contribution in [1.29, 1.82) is 0 Å². The van der Waals surface area contributed by atoms with Crippen LogP contribution in [0, 0.1) is 6.92 Å². The molecule has 3 nitrogen and oxygen atoms in total. The van der Waals surface area contributed by atoms with Crippen molar-refractivity contribution in [3.8, 4) is 0 Å². The van der Waals surface area contributed by atoms with Crippen LogP contribution in [-0.4, -0.2) is 16.9 Å². The Labute approximate surface area is 116 Å². The van der Waals surface area contributed by atoms with Gasteiger partial charge in [-0.3, -0.25) is 4.79 Å². The van der Waals surface area contributed by atoms with Crippen LogP contribution in [0.2, 0.25) is 0 Å². The van der Waals surface area contributed by atoms with E-state index in [0.717, 1.165) is 11.1 Å². The lowest BCUT2D eigenvalue weighted by Crippen LogP contribution is -2.09. The molecule has 20 heavy (non-hydrogen) atoms. The molecule has 2 aromatic carbocycles. The summed E-state index contributed by atoms with van der Waals surface area (Å²) in [5, 5.41) is 9.36. The molecule has 1 N–H and O–H groups in total. The van der Waals surface area contributed by atoms with Crippen LogP contribution in [0.1, 0.15) is 27.0 Å². The van der Waals surface area contributed by atoms with Crippen LogP contribution in [0.4, 0.5) is 0 Å². The van der Waals surface area contributed by atoms with E-state index in [0.29, 0.717) is 16.7 Å². The first kappa shape index (κ1) is 12.4. The Morgan fingerprint density at radius 3 is 2.15 bits per heavy atom. The van der Waals surface area contributed by atoms with Crippen molar-refractivity contribution in [2.45, 2.75) is 6.92 Å². The quantitative estimate of drug-likeness (QED) is 0.848. The molecule has 1 aliphatic rings. The zero-order valence-corrected chi connectivity index (χ0v) is 10.9. The van der Waals surface area contributed by atoms with Gasteiger partial charge in [-0.2, -0.15) is 0 Å². The van der Waals surface area contributed by atoms with E-state index in [1.54, 1.807) is 18.2 Å². The summed E-state index contributed by atoms with van der Waals surface area (Å²) in [5.74, 6) is -1.59. The molecule has 1 aliphatic carbocycles.